The van der Waals surface area contributed by atoms with Crippen LogP contribution in [0.5, 0.6) is 0 Å². The first-order valence-corrected chi connectivity index (χ1v) is 6.16. The smallest absolute Gasteiger partial charge is 0.255 e. The fourth-order valence-corrected chi connectivity index (χ4v) is 1.84. The molecule has 1 N–H and O–H groups in total. The maximum atomic E-state index is 13.3. The lowest BCUT2D eigenvalue weighted by atomic mass is 10.2. The van der Waals surface area contributed by atoms with Gasteiger partial charge in [-0.15, -0.1) is 0 Å². The molecule has 0 spiro atoms. The van der Waals surface area contributed by atoms with Crippen LogP contribution >= 0.6 is 23.2 Å². The van der Waals surface area contributed by atoms with Gasteiger partial charge in [0.1, 0.15) is 5.82 Å². The topological polar surface area (TPSA) is 40.5 Å². The highest BCUT2D eigenvalue weighted by molar-refractivity contribution is 6.36. The number of nitrogens with zero attached hydrogens (tertiary/aromatic N) is 1. The normalized spacial score (nSPS) is 12.3. The van der Waals surface area contributed by atoms with Crippen LogP contribution in [0.15, 0.2) is 12.1 Å². The van der Waals surface area contributed by atoms with Gasteiger partial charge in [0, 0.05) is 13.6 Å². The highest BCUT2D eigenvalue weighted by atomic mass is 35.5. The molecule has 1 amide bonds. The first-order chi connectivity index (χ1) is 8.32. The third-order valence-electron chi connectivity index (χ3n) is 2.47. The van der Waals surface area contributed by atoms with Gasteiger partial charge < -0.3 is 10.0 Å². The van der Waals surface area contributed by atoms with Crippen LogP contribution in [0.4, 0.5) is 4.39 Å². The monoisotopic (exact) mass is 293 g/mol. The van der Waals surface area contributed by atoms with Gasteiger partial charge in [-0.05, 0) is 25.5 Å². The summed E-state index contributed by atoms with van der Waals surface area (Å²) in [4.78, 5) is 13.4. The van der Waals surface area contributed by atoms with Gasteiger partial charge in [-0.25, -0.2) is 4.39 Å². The number of carbonyl (C=O) groups is 1. The quantitative estimate of drug-likeness (QED) is 0.867. The van der Waals surface area contributed by atoms with Crippen LogP contribution in [0, 0.1) is 5.82 Å². The summed E-state index contributed by atoms with van der Waals surface area (Å²) in [5.41, 5.74) is 0.0617. The van der Waals surface area contributed by atoms with Crippen LogP contribution in [0.3, 0.4) is 0 Å². The molecule has 18 heavy (non-hydrogen) atoms. The summed E-state index contributed by atoms with van der Waals surface area (Å²) < 4.78 is 13.3. The largest absolute Gasteiger partial charge is 0.393 e. The Hall–Kier alpha value is -0.840. The van der Waals surface area contributed by atoms with Crippen molar-refractivity contribution in [1.29, 1.82) is 0 Å². The van der Waals surface area contributed by atoms with Crippen molar-refractivity contribution in [2.45, 2.75) is 19.4 Å². The maximum Gasteiger partial charge on any atom is 0.255 e. The van der Waals surface area contributed by atoms with Crippen LogP contribution in [0.1, 0.15) is 23.7 Å². The van der Waals surface area contributed by atoms with Crippen LogP contribution in [0.25, 0.3) is 0 Å². The summed E-state index contributed by atoms with van der Waals surface area (Å²) in [6.07, 6.45) is -0.0617. The van der Waals surface area contributed by atoms with E-state index in [0.717, 1.165) is 6.07 Å². The molecule has 1 aromatic carbocycles. The molecule has 1 unspecified atom stereocenters. The van der Waals surface area contributed by atoms with E-state index in [1.54, 1.807) is 14.0 Å². The highest BCUT2D eigenvalue weighted by Crippen LogP contribution is 2.25. The summed E-state index contributed by atoms with van der Waals surface area (Å²) in [5, 5.41) is 9.13. The van der Waals surface area contributed by atoms with Gasteiger partial charge in [-0.1, -0.05) is 23.2 Å². The van der Waals surface area contributed by atoms with Crippen molar-refractivity contribution < 1.29 is 14.3 Å². The molecule has 3 nitrogen and oxygen atoms in total. The molecule has 0 aromatic heterocycles. The lowest BCUT2D eigenvalue weighted by Crippen LogP contribution is -2.29. The van der Waals surface area contributed by atoms with Gasteiger partial charge in [0.15, 0.2) is 0 Å². The standard InChI is InChI=1S/C12H14Cl2FNO2/c1-7(17)3-4-16(2)12(18)8-5-11(15)10(14)6-9(8)13/h5-7,17H,3-4H2,1-2H3. The second kappa shape index (κ2) is 6.36. The zero-order valence-electron chi connectivity index (χ0n) is 10.1. The van der Waals surface area contributed by atoms with E-state index in [2.05, 4.69) is 0 Å². The minimum Gasteiger partial charge on any atom is -0.393 e. The first kappa shape index (κ1) is 15.2. The fourth-order valence-electron chi connectivity index (χ4n) is 1.37. The number of carbonyl (C=O) groups excluding carboxylic acids is 1. The molecule has 0 heterocycles. The number of amides is 1. The SMILES string of the molecule is CC(O)CCN(C)C(=O)c1cc(F)c(Cl)cc1Cl. The highest BCUT2D eigenvalue weighted by Gasteiger charge is 2.18. The second-order valence-corrected chi connectivity index (χ2v) is 4.92. The fraction of sp³-hybridized carbons (Fsp3) is 0.417. The average Bonchev–Trinajstić information content (AvgIpc) is 2.29. The van der Waals surface area contributed by atoms with Gasteiger partial charge >= 0.3 is 0 Å². The minimum absolute atomic E-state index is 0.0617. The predicted octanol–water partition coefficient (Wildman–Crippen LogP) is 2.98. The van der Waals surface area contributed by atoms with Gasteiger partial charge in [-0.2, -0.15) is 0 Å². The Morgan fingerprint density at radius 3 is 2.61 bits per heavy atom. The predicted molar refractivity (Wildman–Crippen MR) is 69.7 cm³/mol. The summed E-state index contributed by atoms with van der Waals surface area (Å²) >= 11 is 11.4. The van der Waals surface area contributed by atoms with Crippen molar-refractivity contribution in [3.63, 3.8) is 0 Å². The molecule has 0 aliphatic carbocycles. The molecule has 6 heteroatoms. The zero-order valence-corrected chi connectivity index (χ0v) is 11.6. The molecule has 1 rings (SSSR count). The number of halogens is 3. The van der Waals surface area contributed by atoms with Crippen molar-refractivity contribution in [2.24, 2.45) is 0 Å². The maximum absolute atomic E-state index is 13.3. The van der Waals surface area contributed by atoms with E-state index in [1.165, 1.54) is 11.0 Å². The van der Waals surface area contributed by atoms with Crippen molar-refractivity contribution in [3.8, 4) is 0 Å². The minimum atomic E-state index is -0.687. The number of hydrogen-bond acceptors (Lipinski definition) is 2. The lowest BCUT2D eigenvalue weighted by Gasteiger charge is -2.18. The van der Waals surface area contributed by atoms with Gasteiger partial charge in [0.2, 0.25) is 0 Å². The zero-order chi connectivity index (χ0) is 13.9. The second-order valence-electron chi connectivity index (χ2n) is 4.11. The molecular formula is C12H14Cl2FNO2. The van der Waals surface area contributed by atoms with E-state index in [9.17, 15) is 9.18 Å². The molecule has 1 atom stereocenters. The summed E-state index contributed by atoms with van der Waals surface area (Å²) in [6.45, 7) is 1.99. The van der Waals surface area contributed by atoms with Crippen LogP contribution in [-0.2, 0) is 0 Å². The lowest BCUT2D eigenvalue weighted by molar-refractivity contribution is 0.0768. The molecule has 0 bridgehead atoms. The third kappa shape index (κ3) is 3.83. The third-order valence-corrected chi connectivity index (χ3v) is 3.07. The summed E-state index contributed by atoms with van der Waals surface area (Å²) in [6, 6.07) is 2.22. The molecule has 0 aliphatic heterocycles. The Balaban J connectivity index is 2.87. The molecule has 0 radical (unpaired) electrons. The molecule has 0 fully saturated rings. The number of aliphatic hydroxyl groups is 1. The van der Waals surface area contributed by atoms with Crippen molar-refractivity contribution >= 4 is 29.1 Å². The molecule has 0 aliphatic rings. The number of aliphatic hydroxyl groups excluding tert-OH is 1. The van der Waals surface area contributed by atoms with Crippen LogP contribution in [-0.4, -0.2) is 35.6 Å². The molecule has 0 saturated carbocycles. The molecular weight excluding hydrogens is 280 g/mol. The number of rotatable bonds is 4. The Bertz CT molecular complexity index is 452. The van der Waals surface area contributed by atoms with E-state index in [0.29, 0.717) is 13.0 Å². The van der Waals surface area contributed by atoms with E-state index in [-0.39, 0.29) is 15.6 Å². The first-order valence-electron chi connectivity index (χ1n) is 5.41. The Morgan fingerprint density at radius 2 is 2.06 bits per heavy atom. The van der Waals surface area contributed by atoms with Crippen molar-refractivity contribution in [1.82, 2.24) is 4.90 Å². The Kier molecular flexibility index (Phi) is 5.38. The van der Waals surface area contributed by atoms with E-state index in [4.69, 9.17) is 28.3 Å². The van der Waals surface area contributed by atoms with E-state index < -0.39 is 17.8 Å². The molecule has 0 saturated heterocycles. The van der Waals surface area contributed by atoms with Gasteiger partial charge in [0.25, 0.3) is 5.91 Å². The van der Waals surface area contributed by atoms with Crippen molar-refractivity contribution in [2.75, 3.05) is 13.6 Å². The Labute approximate surface area is 115 Å². The van der Waals surface area contributed by atoms with Gasteiger partial charge in [-0.3, -0.25) is 4.79 Å². The van der Waals surface area contributed by atoms with Crippen LogP contribution in [0.2, 0.25) is 10.0 Å². The molecule has 1 aromatic rings. The summed E-state index contributed by atoms with van der Waals surface area (Å²) in [5.74, 6) is -1.09. The van der Waals surface area contributed by atoms with E-state index >= 15 is 0 Å². The molecule has 100 valence electrons. The average molecular weight is 294 g/mol. The number of benzene rings is 1. The van der Waals surface area contributed by atoms with E-state index in [1.807, 2.05) is 0 Å². The van der Waals surface area contributed by atoms with Crippen molar-refractivity contribution in [3.05, 3.63) is 33.6 Å². The summed E-state index contributed by atoms with van der Waals surface area (Å²) in [7, 11) is 1.56. The van der Waals surface area contributed by atoms with Gasteiger partial charge in [0.05, 0.1) is 21.7 Å². The Morgan fingerprint density at radius 1 is 1.44 bits per heavy atom. The number of hydrogen-bond donors (Lipinski definition) is 1. The van der Waals surface area contributed by atoms with Crippen LogP contribution < -0.4 is 0 Å².